The second-order valence-electron chi connectivity index (χ2n) is 3.49. The Morgan fingerprint density at radius 3 is 2.33 bits per heavy atom. The molecule has 1 unspecified atom stereocenters. The lowest BCUT2D eigenvalue weighted by atomic mass is 10.3. The van der Waals surface area contributed by atoms with Crippen LogP contribution in [0.4, 0.5) is 4.39 Å². The third-order valence-electron chi connectivity index (χ3n) is 1.94. The highest BCUT2D eigenvalue weighted by atomic mass is 79.9. The SMILES string of the molecule is CC(CBr)CS(=O)(=O)c1ccc(F)cc1. The van der Waals surface area contributed by atoms with Crippen molar-refractivity contribution in [3.05, 3.63) is 30.1 Å². The lowest BCUT2D eigenvalue weighted by Gasteiger charge is -2.08. The minimum atomic E-state index is -3.29. The van der Waals surface area contributed by atoms with Gasteiger partial charge in [0.05, 0.1) is 10.6 Å². The molecule has 0 N–H and O–H groups in total. The highest BCUT2D eigenvalue weighted by Crippen LogP contribution is 2.15. The van der Waals surface area contributed by atoms with Gasteiger partial charge in [0.25, 0.3) is 0 Å². The quantitative estimate of drug-likeness (QED) is 0.632. The first-order valence-electron chi connectivity index (χ1n) is 4.50. The largest absolute Gasteiger partial charge is 0.224 e. The van der Waals surface area contributed by atoms with E-state index in [-0.39, 0.29) is 16.6 Å². The van der Waals surface area contributed by atoms with Gasteiger partial charge in [0.2, 0.25) is 0 Å². The number of halogens is 2. The van der Waals surface area contributed by atoms with Gasteiger partial charge < -0.3 is 0 Å². The van der Waals surface area contributed by atoms with Gasteiger partial charge >= 0.3 is 0 Å². The zero-order chi connectivity index (χ0) is 11.5. The van der Waals surface area contributed by atoms with Crippen molar-refractivity contribution in [2.45, 2.75) is 11.8 Å². The van der Waals surface area contributed by atoms with Crippen LogP contribution < -0.4 is 0 Å². The van der Waals surface area contributed by atoms with Crippen LogP contribution in [0.2, 0.25) is 0 Å². The van der Waals surface area contributed by atoms with Crippen molar-refractivity contribution in [2.24, 2.45) is 5.92 Å². The molecular formula is C10H12BrFO2S. The Morgan fingerprint density at radius 1 is 1.33 bits per heavy atom. The Morgan fingerprint density at radius 2 is 1.87 bits per heavy atom. The molecule has 84 valence electrons. The first-order valence-corrected chi connectivity index (χ1v) is 7.27. The lowest BCUT2D eigenvalue weighted by molar-refractivity contribution is 0.583. The zero-order valence-corrected chi connectivity index (χ0v) is 10.7. The fourth-order valence-corrected chi connectivity index (χ4v) is 3.30. The van der Waals surface area contributed by atoms with Crippen molar-refractivity contribution in [3.63, 3.8) is 0 Å². The van der Waals surface area contributed by atoms with E-state index >= 15 is 0 Å². The van der Waals surface area contributed by atoms with E-state index in [2.05, 4.69) is 15.9 Å². The highest BCUT2D eigenvalue weighted by molar-refractivity contribution is 9.09. The second-order valence-corrected chi connectivity index (χ2v) is 6.18. The van der Waals surface area contributed by atoms with Gasteiger partial charge in [0, 0.05) is 5.33 Å². The summed E-state index contributed by atoms with van der Waals surface area (Å²) in [7, 11) is -3.29. The zero-order valence-electron chi connectivity index (χ0n) is 8.28. The molecule has 0 aliphatic carbocycles. The van der Waals surface area contributed by atoms with Crippen LogP contribution >= 0.6 is 15.9 Å². The number of hydrogen-bond acceptors (Lipinski definition) is 2. The maximum atomic E-state index is 12.6. The van der Waals surface area contributed by atoms with Gasteiger partial charge in [0.1, 0.15) is 5.82 Å². The number of sulfone groups is 1. The first-order chi connectivity index (χ1) is 6.95. The maximum absolute atomic E-state index is 12.6. The highest BCUT2D eigenvalue weighted by Gasteiger charge is 2.17. The van der Waals surface area contributed by atoms with E-state index in [4.69, 9.17) is 0 Å². The fourth-order valence-electron chi connectivity index (χ4n) is 1.16. The molecule has 0 saturated heterocycles. The average Bonchev–Trinajstić information content (AvgIpc) is 2.17. The topological polar surface area (TPSA) is 34.1 Å². The number of alkyl halides is 1. The van der Waals surface area contributed by atoms with E-state index < -0.39 is 15.7 Å². The van der Waals surface area contributed by atoms with Crippen molar-refractivity contribution in [3.8, 4) is 0 Å². The minimum Gasteiger partial charge on any atom is -0.224 e. The maximum Gasteiger partial charge on any atom is 0.178 e. The summed E-state index contributed by atoms with van der Waals surface area (Å²) in [6.07, 6.45) is 0. The van der Waals surface area contributed by atoms with E-state index in [0.717, 1.165) is 12.1 Å². The molecule has 1 atom stereocenters. The van der Waals surface area contributed by atoms with Crippen LogP contribution in [0.25, 0.3) is 0 Å². The molecule has 0 aromatic heterocycles. The summed E-state index contributed by atoms with van der Waals surface area (Å²) in [6, 6.07) is 4.91. The van der Waals surface area contributed by atoms with Gasteiger partial charge in [-0.3, -0.25) is 0 Å². The lowest BCUT2D eigenvalue weighted by Crippen LogP contribution is -2.14. The molecule has 15 heavy (non-hydrogen) atoms. The van der Waals surface area contributed by atoms with Gasteiger partial charge in [-0.25, -0.2) is 12.8 Å². The molecule has 0 heterocycles. The standard InChI is InChI=1S/C10H12BrFO2S/c1-8(6-11)7-15(13,14)10-4-2-9(12)3-5-10/h2-5,8H,6-7H2,1H3. The molecule has 0 radical (unpaired) electrons. The van der Waals surface area contributed by atoms with Crippen LogP contribution in [0.3, 0.4) is 0 Å². The van der Waals surface area contributed by atoms with Crippen LogP contribution in [-0.2, 0) is 9.84 Å². The van der Waals surface area contributed by atoms with Crippen LogP contribution in [0.1, 0.15) is 6.92 Å². The van der Waals surface area contributed by atoms with Gasteiger partial charge in [-0.05, 0) is 30.2 Å². The van der Waals surface area contributed by atoms with E-state index in [0.29, 0.717) is 5.33 Å². The van der Waals surface area contributed by atoms with Crippen LogP contribution in [0.15, 0.2) is 29.2 Å². The Hall–Kier alpha value is -0.420. The van der Waals surface area contributed by atoms with Crippen LogP contribution in [-0.4, -0.2) is 19.5 Å². The van der Waals surface area contributed by atoms with E-state index in [1.807, 2.05) is 6.92 Å². The molecule has 0 amide bonds. The number of benzene rings is 1. The molecule has 0 fully saturated rings. The molecule has 0 aliphatic rings. The van der Waals surface area contributed by atoms with Gasteiger partial charge in [0.15, 0.2) is 9.84 Å². The first kappa shape index (κ1) is 12.6. The number of rotatable bonds is 4. The van der Waals surface area contributed by atoms with E-state index in [1.54, 1.807) is 0 Å². The van der Waals surface area contributed by atoms with Crippen LogP contribution in [0, 0.1) is 11.7 Å². The van der Waals surface area contributed by atoms with E-state index in [1.165, 1.54) is 12.1 Å². The third kappa shape index (κ3) is 3.57. The summed E-state index contributed by atoms with van der Waals surface area (Å²) >= 11 is 3.23. The normalized spacial score (nSPS) is 13.8. The molecule has 1 aromatic carbocycles. The predicted molar refractivity (Wildman–Crippen MR) is 61.4 cm³/mol. The van der Waals surface area contributed by atoms with Gasteiger partial charge in [-0.2, -0.15) is 0 Å². The third-order valence-corrected chi connectivity index (χ3v) is 5.04. The Balaban J connectivity index is 2.91. The van der Waals surface area contributed by atoms with Crippen molar-refractivity contribution in [2.75, 3.05) is 11.1 Å². The molecule has 1 aromatic rings. The monoisotopic (exact) mass is 294 g/mol. The van der Waals surface area contributed by atoms with Crippen molar-refractivity contribution < 1.29 is 12.8 Å². The Labute approximate surface area is 97.5 Å². The average molecular weight is 295 g/mol. The minimum absolute atomic E-state index is 0.0417. The molecular weight excluding hydrogens is 283 g/mol. The fraction of sp³-hybridized carbons (Fsp3) is 0.400. The van der Waals surface area contributed by atoms with Gasteiger partial charge in [-0.1, -0.05) is 22.9 Å². The van der Waals surface area contributed by atoms with Crippen molar-refractivity contribution in [1.29, 1.82) is 0 Å². The molecule has 0 bridgehead atoms. The summed E-state index contributed by atoms with van der Waals surface area (Å²) in [4.78, 5) is 0.178. The Kier molecular flexibility index (Phi) is 4.28. The summed E-state index contributed by atoms with van der Waals surface area (Å²) in [5.74, 6) is -0.313. The molecule has 0 aliphatic heterocycles. The second kappa shape index (κ2) is 5.07. The van der Waals surface area contributed by atoms with Crippen molar-refractivity contribution >= 4 is 25.8 Å². The summed E-state index contributed by atoms with van der Waals surface area (Å²) in [5, 5.41) is 0.632. The van der Waals surface area contributed by atoms with Crippen molar-refractivity contribution in [1.82, 2.24) is 0 Å². The molecule has 5 heteroatoms. The van der Waals surface area contributed by atoms with E-state index in [9.17, 15) is 12.8 Å². The smallest absolute Gasteiger partial charge is 0.178 e. The number of hydrogen-bond donors (Lipinski definition) is 0. The van der Waals surface area contributed by atoms with Crippen LogP contribution in [0.5, 0.6) is 0 Å². The molecule has 2 nitrogen and oxygen atoms in total. The molecule has 0 saturated carbocycles. The summed E-state index contributed by atoms with van der Waals surface area (Å²) in [5.41, 5.74) is 0. The van der Waals surface area contributed by atoms with Gasteiger partial charge in [-0.15, -0.1) is 0 Å². The molecule has 0 spiro atoms. The molecule has 1 rings (SSSR count). The summed E-state index contributed by atoms with van der Waals surface area (Å²) < 4.78 is 36.1. The Bertz CT molecular complexity index is 414. The predicted octanol–water partition coefficient (Wildman–Crippen LogP) is 2.63. The summed E-state index contributed by atoms with van der Waals surface area (Å²) in [6.45, 7) is 1.84.